The summed E-state index contributed by atoms with van der Waals surface area (Å²) < 4.78 is 22.2. The lowest BCUT2D eigenvalue weighted by molar-refractivity contribution is -0.131. The maximum Gasteiger partial charge on any atom is 0.338 e. The highest BCUT2D eigenvalue weighted by molar-refractivity contribution is 5.93. The van der Waals surface area contributed by atoms with Crippen molar-refractivity contribution < 1.29 is 38.1 Å². The Morgan fingerprint density at radius 1 is 0.522 bits per heavy atom. The van der Waals surface area contributed by atoms with Crippen LogP contribution in [0.4, 0.5) is 0 Å². The predicted molar refractivity (Wildman–Crippen MR) is 179 cm³/mol. The van der Waals surface area contributed by atoms with Gasteiger partial charge in [0.15, 0.2) is 0 Å². The Balaban J connectivity index is 2.15. The van der Waals surface area contributed by atoms with E-state index in [0.717, 1.165) is 16.7 Å². The zero-order valence-electron chi connectivity index (χ0n) is 26.9. The summed E-state index contributed by atoms with van der Waals surface area (Å²) in [6, 6.07) is 13.3. The fraction of sp³-hybridized carbons (Fsp3) is 0.158. The predicted octanol–water partition coefficient (Wildman–Crippen LogP) is 8.07. The van der Waals surface area contributed by atoms with Crippen LogP contribution in [0.1, 0.15) is 49.9 Å². The molecule has 0 heterocycles. The first-order valence-corrected chi connectivity index (χ1v) is 14.2. The van der Waals surface area contributed by atoms with E-state index < -0.39 is 23.9 Å². The number of hydrogen-bond acceptors (Lipinski definition) is 8. The number of aryl methyl sites for hydroxylation is 2. The van der Waals surface area contributed by atoms with Gasteiger partial charge in [0, 0.05) is 33.4 Å². The molecule has 0 unspecified atom stereocenters. The van der Waals surface area contributed by atoms with E-state index in [1.807, 2.05) is 19.9 Å². The first kappa shape index (κ1) is 34.7. The Bertz CT molecular complexity index is 1820. The summed E-state index contributed by atoms with van der Waals surface area (Å²) in [5.41, 5.74) is 4.65. The number of hydrogen-bond donors (Lipinski definition) is 0. The van der Waals surface area contributed by atoms with E-state index >= 15 is 0 Å². The molecule has 0 aliphatic carbocycles. The van der Waals surface area contributed by atoms with Gasteiger partial charge in [0.05, 0.1) is 0 Å². The van der Waals surface area contributed by atoms with Crippen LogP contribution in [0.15, 0.2) is 97.1 Å². The van der Waals surface area contributed by atoms with Crippen LogP contribution in [-0.2, 0) is 19.2 Å². The molecule has 3 aromatic carbocycles. The molecule has 0 radical (unpaired) electrons. The van der Waals surface area contributed by atoms with Gasteiger partial charge in [0.2, 0.25) is 0 Å². The zero-order valence-corrected chi connectivity index (χ0v) is 26.9. The monoisotopic (exact) mass is 620 g/mol. The lowest BCUT2D eigenvalue weighted by Crippen LogP contribution is -2.11. The van der Waals surface area contributed by atoms with Gasteiger partial charge in [-0.3, -0.25) is 0 Å². The van der Waals surface area contributed by atoms with Crippen molar-refractivity contribution in [2.24, 2.45) is 0 Å². The van der Waals surface area contributed by atoms with Gasteiger partial charge in [-0.15, -0.1) is 0 Å². The first-order valence-electron chi connectivity index (χ1n) is 14.2. The Morgan fingerprint density at radius 3 is 1.50 bits per heavy atom. The molecular formula is C38H36O8. The highest BCUT2D eigenvalue weighted by Crippen LogP contribution is 2.39. The van der Waals surface area contributed by atoms with Crippen molar-refractivity contribution in [1.29, 1.82) is 0 Å². The van der Waals surface area contributed by atoms with Crippen LogP contribution in [0.2, 0.25) is 0 Å². The van der Waals surface area contributed by atoms with E-state index in [1.54, 1.807) is 68.5 Å². The van der Waals surface area contributed by atoms with Gasteiger partial charge in [-0.25, -0.2) is 19.2 Å². The Morgan fingerprint density at radius 2 is 0.978 bits per heavy atom. The summed E-state index contributed by atoms with van der Waals surface area (Å²) in [4.78, 5) is 49.4. The van der Waals surface area contributed by atoms with Gasteiger partial charge in [0.1, 0.15) is 23.0 Å². The van der Waals surface area contributed by atoms with Crippen molar-refractivity contribution in [1.82, 2.24) is 0 Å². The largest absolute Gasteiger partial charge is 0.423 e. The van der Waals surface area contributed by atoms with Gasteiger partial charge >= 0.3 is 23.9 Å². The minimum Gasteiger partial charge on any atom is -0.423 e. The SMILES string of the molecule is C=C(C)C(=O)Oc1ccc(-c2cc(OC(=O)C(=C)C)c(/C=C/c3cc(C)c(OC(=O)C(=C)C)cc3C)cc2OC(=O)C(=C)C)cc1. The third-order valence-corrected chi connectivity index (χ3v) is 6.50. The molecule has 0 atom stereocenters. The molecule has 3 rings (SSSR count). The van der Waals surface area contributed by atoms with Crippen molar-refractivity contribution in [2.75, 3.05) is 0 Å². The molecular weight excluding hydrogens is 584 g/mol. The molecule has 0 aliphatic heterocycles. The molecule has 0 N–H and O–H groups in total. The van der Waals surface area contributed by atoms with Gasteiger partial charge in [0.25, 0.3) is 0 Å². The number of ether oxygens (including phenoxy) is 4. The van der Waals surface area contributed by atoms with Crippen LogP contribution in [0.5, 0.6) is 23.0 Å². The average molecular weight is 621 g/mol. The Hall–Kier alpha value is -5.76. The van der Waals surface area contributed by atoms with Crippen molar-refractivity contribution in [3.8, 4) is 34.1 Å². The molecule has 236 valence electrons. The quantitative estimate of drug-likeness (QED) is 0.0917. The summed E-state index contributed by atoms with van der Waals surface area (Å²) in [5, 5.41) is 0. The summed E-state index contributed by atoms with van der Waals surface area (Å²) in [7, 11) is 0. The lowest BCUT2D eigenvalue weighted by atomic mass is 9.99. The fourth-order valence-electron chi connectivity index (χ4n) is 3.84. The maximum atomic E-state index is 12.7. The molecule has 0 aromatic heterocycles. The molecule has 8 nitrogen and oxygen atoms in total. The maximum absolute atomic E-state index is 12.7. The molecule has 0 saturated carbocycles. The third-order valence-electron chi connectivity index (χ3n) is 6.50. The normalized spacial score (nSPS) is 10.6. The fourth-order valence-corrected chi connectivity index (χ4v) is 3.84. The van der Waals surface area contributed by atoms with E-state index in [9.17, 15) is 19.2 Å². The lowest BCUT2D eigenvalue weighted by Gasteiger charge is -2.16. The smallest absolute Gasteiger partial charge is 0.338 e. The molecule has 0 amide bonds. The van der Waals surface area contributed by atoms with Gasteiger partial charge < -0.3 is 18.9 Å². The summed E-state index contributed by atoms with van der Waals surface area (Å²) >= 11 is 0. The highest BCUT2D eigenvalue weighted by Gasteiger charge is 2.19. The van der Waals surface area contributed by atoms with Crippen molar-refractivity contribution in [3.05, 3.63) is 119 Å². The van der Waals surface area contributed by atoms with Crippen LogP contribution in [0, 0.1) is 13.8 Å². The minimum absolute atomic E-state index is 0.171. The van der Waals surface area contributed by atoms with Crippen LogP contribution in [0.25, 0.3) is 23.3 Å². The molecule has 0 saturated heterocycles. The molecule has 0 spiro atoms. The van der Waals surface area contributed by atoms with E-state index in [1.165, 1.54) is 13.8 Å². The van der Waals surface area contributed by atoms with E-state index in [4.69, 9.17) is 18.9 Å². The third kappa shape index (κ3) is 8.89. The molecule has 0 bridgehead atoms. The number of carbonyl (C=O) groups is 4. The second-order valence-corrected chi connectivity index (χ2v) is 10.9. The number of rotatable bonds is 11. The zero-order chi connectivity index (χ0) is 34.3. The van der Waals surface area contributed by atoms with Crippen LogP contribution >= 0.6 is 0 Å². The molecule has 8 heteroatoms. The Kier molecular flexibility index (Phi) is 11.2. The number of esters is 4. The van der Waals surface area contributed by atoms with Gasteiger partial charge in [-0.2, -0.15) is 0 Å². The van der Waals surface area contributed by atoms with Gasteiger partial charge in [-0.05, 0) is 100 Å². The number of carbonyl (C=O) groups excluding carboxylic acids is 4. The van der Waals surface area contributed by atoms with E-state index in [2.05, 4.69) is 26.3 Å². The standard InChI is InChI=1S/C38H36O8/c1-21(2)35(39)43-30-15-13-27(14-16-30)31-20-33(45-37(41)23(5)6)29(19-34(31)46-38(42)24(7)8)12-11-28-17-26(10)32(18-25(28)9)44-36(40)22(3)4/h11-20H,1,3,5,7H2,2,4,6,8-10H3/b12-11+. The Labute approximate surface area is 268 Å². The second kappa shape index (κ2) is 14.8. The molecule has 0 aliphatic rings. The van der Waals surface area contributed by atoms with Crippen molar-refractivity contribution >= 4 is 36.0 Å². The van der Waals surface area contributed by atoms with Crippen molar-refractivity contribution in [3.63, 3.8) is 0 Å². The average Bonchev–Trinajstić information content (AvgIpc) is 2.98. The highest BCUT2D eigenvalue weighted by atomic mass is 16.5. The molecule has 3 aromatic rings. The van der Waals surface area contributed by atoms with Crippen LogP contribution < -0.4 is 18.9 Å². The van der Waals surface area contributed by atoms with Crippen LogP contribution in [0.3, 0.4) is 0 Å². The van der Waals surface area contributed by atoms with Crippen LogP contribution in [-0.4, -0.2) is 23.9 Å². The summed E-state index contributed by atoms with van der Waals surface area (Å²) in [5.74, 6) is -1.34. The summed E-state index contributed by atoms with van der Waals surface area (Å²) in [6.45, 7) is 24.4. The van der Waals surface area contributed by atoms with Gasteiger partial charge in [-0.1, -0.05) is 50.6 Å². The van der Waals surface area contributed by atoms with E-state index in [0.29, 0.717) is 22.4 Å². The minimum atomic E-state index is -0.652. The molecule has 46 heavy (non-hydrogen) atoms. The number of benzene rings is 3. The molecule has 0 fully saturated rings. The topological polar surface area (TPSA) is 105 Å². The van der Waals surface area contributed by atoms with Crippen molar-refractivity contribution in [2.45, 2.75) is 41.5 Å². The second-order valence-electron chi connectivity index (χ2n) is 10.9. The first-order chi connectivity index (χ1) is 21.6. The van der Waals surface area contributed by atoms with E-state index in [-0.39, 0.29) is 39.5 Å². The summed E-state index contributed by atoms with van der Waals surface area (Å²) in [6.07, 6.45) is 3.51.